The minimum absolute atomic E-state index is 0.00402. The summed E-state index contributed by atoms with van der Waals surface area (Å²) in [4.78, 5) is 11.3. The molecule has 1 aliphatic rings. The van der Waals surface area contributed by atoms with E-state index in [1.165, 1.54) is 24.3 Å². The van der Waals surface area contributed by atoms with E-state index >= 15 is 0 Å². The molecule has 1 saturated carbocycles. The molecule has 0 bridgehead atoms. The van der Waals surface area contributed by atoms with Gasteiger partial charge in [0.05, 0.1) is 4.90 Å². The van der Waals surface area contributed by atoms with Gasteiger partial charge in [0.1, 0.15) is 18.4 Å². The SMILES string of the molecule is CS(=O)(=O)c1ccc(OCC(NC2CC2)C(=O)O)cc1. The number of carboxylic acids is 1. The molecule has 0 amide bonds. The van der Waals surface area contributed by atoms with Crippen LogP contribution in [0.5, 0.6) is 5.75 Å². The Labute approximate surface area is 117 Å². The van der Waals surface area contributed by atoms with Crippen LogP contribution in [-0.4, -0.2) is 44.4 Å². The number of hydrogen-bond donors (Lipinski definition) is 2. The second-order valence-corrected chi connectivity index (χ2v) is 6.90. The third-order valence-electron chi connectivity index (χ3n) is 2.98. The minimum Gasteiger partial charge on any atom is -0.491 e. The number of carbonyl (C=O) groups is 1. The van der Waals surface area contributed by atoms with E-state index in [1.807, 2.05) is 0 Å². The van der Waals surface area contributed by atoms with Crippen molar-refractivity contribution in [2.45, 2.75) is 29.8 Å². The number of benzene rings is 1. The fraction of sp³-hybridized carbons (Fsp3) is 0.462. The first-order chi connectivity index (χ1) is 9.36. The highest BCUT2D eigenvalue weighted by Gasteiger charge is 2.28. The van der Waals surface area contributed by atoms with E-state index in [9.17, 15) is 13.2 Å². The molecule has 2 rings (SSSR count). The fourth-order valence-electron chi connectivity index (χ4n) is 1.69. The number of nitrogens with one attached hydrogen (secondary N) is 1. The van der Waals surface area contributed by atoms with Crippen LogP contribution in [0, 0.1) is 0 Å². The molecule has 110 valence electrons. The zero-order valence-electron chi connectivity index (χ0n) is 11.1. The Balaban J connectivity index is 1.93. The average molecular weight is 299 g/mol. The first kappa shape index (κ1) is 14.8. The molecule has 2 N–H and O–H groups in total. The summed E-state index contributed by atoms with van der Waals surface area (Å²) in [6, 6.07) is 5.44. The molecule has 1 unspecified atom stereocenters. The van der Waals surface area contributed by atoms with Crippen molar-refractivity contribution in [2.75, 3.05) is 12.9 Å². The Morgan fingerprint density at radius 1 is 1.40 bits per heavy atom. The van der Waals surface area contributed by atoms with Crippen molar-refractivity contribution in [3.63, 3.8) is 0 Å². The van der Waals surface area contributed by atoms with Crippen LogP contribution >= 0.6 is 0 Å². The summed E-state index contributed by atoms with van der Waals surface area (Å²) in [7, 11) is -3.23. The molecule has 7 heteroatoms. The van der Waals surface area contributed by atoms with Crippen molar-refractivity contribution in [2.24, 2.45) is 0 Å². The smallest absolute Gasteiger partial charge is 0.324 e. The first-order valence-electron chi connectivity index (χ1n) is 6.28. The number of aliphatic carboxylic acids is 1. The van der Waals surface area contributed by atoms with E-state index in [0.717, 1.165) is 19.1 Å². The quantitative estimate of drug-likeness (QED) is 0.769. The van der Waals surface area contributed by atoms with E-state index < -0.39 is 21.8 Å². The Morgan fingerprint density at radius 2 is 2.00 bits per heavy atom. The predicted molar refractivity (Wildman–Crippen MR) is 72.6 cm³/mol. The molecule has 0 radical (unpaired) electrons. The molecular weight excluding hydrogens is 282 g/mol. The van der Waals surface area contributed by atoms with Crippen molar-refractivity contribution < 1.29 is 23.1 Å². The molecule has 1 aliphatic carbocycles. The van der Waals surface area contributed by atoms with Gasteiger partial charge in [-0.2, -0.15) is 0 Å². The third-order valence-corrected chi connectivity index (χ3v) is 4.11. The van der Waals surface area contributed by atoms with Crippen molar-refractivity contribution in [1.29, 1.82) is 0 Å². The van der Waals surface area contributed by atoms with Crippen molar-refractivity contribution in [1.82, 2.24) is 5.32 Å². The van der Waals surface area contributed by atoms with Gasteiger partial charge in [0, 0.05) is 12.3 Å². The van der Waals surface area contributed by atoms with Crippen LogP contribution in [0.25, 0.3) is 0 Å². The highest BCUT2D eigenvalue weighted by molar-refractivity contribution is 7.90. The zero-order chi connectivity index (χ0) is 14.8. The fourth-order valence-corrected chi connectivity index (χ4v) is 2.32. The molecule has 1 aromatic carbocycles. The lowest BCUT2D eigenvalue weighted by atomic mass is 10.3. The van der Waals surface area contributed by atoms with Crippen molar-refractivity contribution >= 4 is 15.8 Å². The molecule has 1 atom stereocenters. The van der Waals surface area contributed by atoms with Crippen LogP contribution in [0.3, 0.4) is 0 Å². The Hall–Kier alpha value is -1.60. The van der Waals surface area contributed by atoms with Gasteiger partial charge in [0.2, 0.25) is 0 Å². The molecule has 1 aromatic rings. The van der Waals surface area contributed by atoms with Gasteiger partial charge in [-0.15, -0.1) is 0 Å². The Bertz CT molecular complexity index is 577. The lowest BCUT2D eigenvalue weighted by Gasteiger charge is -2.15. The maximum atomic E-state index is 11.3. The predicted octanol–water partition coefficient (Wildman–Crippen LogP) is 0.674. The van der Waals surface area contributed by atoms with Gasteiger partial charge in [-0.25, -0.2) is 8.42 Å². The summed E-state index contributed by atoms with van der Waals surface area (Å²) in [5, 5.41) is 12.0. The largest absolute Gasteiger partial charge is 0.491 e. The second kappa shape index (κ2) is 5.80. The normalized spacial score (nSPS) is 16.6. The van der Waals surface area contributed by atoms with E-state index in [0.29, 0.717) is 5.75 Å². The number of hydrogen-bond acceptors (Lipinski definition) is 5. The van der Waals surface area contributed by atoms with Gasteiger partial charge in [-0.05, 0) is 37.1 Å². The highest BCUT2D eigenvalue weighted by Crippen LogP contribution is 2.20. The molecule has 0 aliphatic heterocycles. The topological polar surface area (TPSA) is 92.7 Å². The van der Waals surface area contributed by atoms with Gasteiger partial charge < -0.3 is 9.84 Å². The monoisotopic (exact) mass is 299 g/mol. The molecule has 6 nitrogen and oxygen atoms in total. The van der Waals surface area contributed by atoms with Crippen LogP contribution in [0.2, 0.25) is 0 Å². The molecule has 20 heavy (non-hydrogen) atoms. The van der Waals surface area contributed by atoms with E-state index in [2.05, 4.69) is 5.32 Å². The highest BCUT2D eigenvalue weighted by atomic mass is 32.2. The summed E-state index contributed by atoms with van der Waals surface area (Å²) in [6.45, 7) is 0.00402. The van der Waals surface area contributed by atoms with Gasteiger partial charge >= 0.3 is 5.97 Å². The summed E-state index contributed by atoms with van der Waals surface area (Å²) < 4.78 is 28.0. The van der Waals surface area contributed by atoms with E-state index in [-0.39, 0.29) is 17.5 Å². The second-order valence-electron chi connectivity index (χ2n) is 4.89. The van der Waals surface area contributed by atoms with Gasteiger partial charge in [0.25, 0.3) is 0 Å². The van der Waals surface area contributed by atoms with Crippen LogP contribution in [0.15, 0.2) is 29.2 Å². The number of carboxylic acid groups (broad SMARTS) is 1. The van der Waals surface area contributed by atoms with Crippen LogP contribution in [0.4, 0.5) is 0 Å². The van der Waals surface area contributed by atoms with Crippen molar-refractivity contribution in [3.05, 3.63) is 24.3 Å². The van der Waals surface area contributed by atoms with Crippen LogP contribution in [0.1, 0.15) is 12.8 Å². The van der Waals surface area contributed by atoms with Crippen molar-refractivity contribution in [3.8, 4) is 5.75 Å². The summed E-state index contributed by atoms with van der Waals surface area (Å²) >= 11 is 0. The lowest BCUT2D eigenvalue weighted by molar-refractivity contribution is -0.140. The molecule has 1 fully saturated rings. The maximum Gasteiger partial charge on any atom is 0.324 e. The summed E-state index contributed by atoms with van der Waals surface area (Å²) in [5.74, 6) is -0.508. The van der Waals surface area contributed by atoms with Gasteiger partial charge in [0.15, 0.2) is 9.84 Å². The summed E-state index contributed by atoms with van der Waals surface area (Å²) in [6.07, 6.45) is 3.11. The Morgan fingerprint density at radius 3 is 2.45 bits per heavy atom. The number of sulfone groups is 1. The molecule has 0 aromatic heterocycles. The Kier molecular flexibility index (Phi) is 4.29. The van der Waals surface area contributed by atoms with E-state index in [4.69, 9.17) is 9.84 Å². The van der Waals surface area contributed by atoms with Gasteiger partial charge in [-0.3, -0.25) is 10.1 Å². The number of rotatable bonds is 7. The first-order valence-corrected chi connectivity index (χ1v) is 8.17. The van der Waals surface area contributed by atoms with Gasteiger partial charge in [-0.1, -0.05) is 0 Å². The van der Waals surface area contributed by atoms with Crippen LogP contribution in [-0.2, 0) is 14.6 Å². The average Bonchev–Trinajstić information content (AvgIpc) is 3.17. The number of ether oxygens (including phenoxy) is 1. The maximum absolute atomic E-state index is 11.3. The molecule has 0 spiro atoms. The summed E-state index contributed by atoms with van der Waals surface area (Å²) in [5.41, 5.74) is 0. The van der Waals surface area contributed by atoms with E-state index in [1.54, 1.807) is 0 Å². The third kappa shape index (κ3) is 4.21. The lowest BCUT2D eigenvalue weighted by Crippen LogP contribution is -2.42. The molecule has 0 saturated heterocycles. The zero-order valence-corrected chi connectivity index (χ0v) is 11.9. The van der Waals surface area contributed by atoms with Crippen LogP contribution < -0.4 is 10.1 Å². The molecule has 0 heterocycles. The molecular formula is C13H17NO5S. The minimum atomic E-state index is -3.23. The standard InChI is InChI=1S/C13H17NO5S/c1-20(17,18)11-6-4-10(5-7-11)19-8-12(13(15)16)14-9-2-3-9/h4-7,9,12,14H,2-3,8H2,1H3,(H,15,16).